The average molecular weight is 536 g/mol. The van der Waals surface area contributed by atoms with Crippen molar-refractivity contribution in [3.05, 3.63) is 75.0 Å². The number of nitrogens with one attached hydrogen (secondary N) is 1. The number of aryl methyl sites for hydroxylation is 1. The van der Waals surface area contributed by atoms with E-state index in [9.17, 15) is 13.6 Å². The summed E-state index contributed by atoms with van der Waals surface area (Å²) < 4.78 is 45.5. The lowest BCUT2D eigenvalue weighted by atomic mass is 9.97. The summed E-state index contributed by atoms with van der Waals surface area (Å²) in [5.41, 5.74) is 2.10. The zero-order chi connectivity index (χ0) is 25.3. The average Bonchev–Trinajstić information content (AvgIpc) is 3.50. The zero-order valence-corrected chi connectivity index (χ0v) is 21.3. The zero-order valence-electron chi connectivity index (χ0n) is 19.7. The summed E-state index contributed by atoms with van der Waals surface area (Å²) in [5.74, 6) is -4.08. The van der Waals surface area contributed by atoms with Gasteiger partial charge in [-0.05, 0) is 47.1 Å². The number of rotatable bonds is 2. The molecule has 0 saturated carbocycles. The molecule has 6 nitrogen and oxygen atoms in total. The minimum absolute atomic E-state index is 0.0758. The van der Waals surface area contributed by atoms with Crippen LogP contribution in [-0.2, 0) is 7.05 Å². The Hall–Kier alpha value is -3.14. The summed E-state index contributed by atoms with van der Waals surface area (Å²) in [5, 5.41) is 4.23. The van der Waals surface area contributed by atoms with Crippen LogP contribution in [0.4, 0.5) is 18.9 Å². The number of halogens is 4. The first-order valence-corrected chi connectivity index (χ1v) is 11.7. The Bertz CT molecular complexity index is 1360. The second kappa shape index (κ2) is 10.0. The molecular weight excluding hydrogens is 511 g/mol. The fourth-order valence-corrected chi connectivity index (χ4v) is 4.29. The van der Waals surface area contributed by atoms with Gasteiger partial charge in [-0.2, -0.15) is 5.10 Å². The molecule has 1 aliphatic rings. The summed E-state index contributed by atoms with van der Waals surface area (Å²) >= 11 is 2.82. The molecule has 1 unspecified atom stereocenters. The van der Waals surface area contributed by atoms with Gasteiger partial charge in [0.1, 0.15) is 5.82 Å². The van der Waals surface area contributed by atoms with Crippen LogP contribution in [0.15, 0.2) is 35.1 Å². The van der Waals surface area contributed by atoms with Crippen molar-refractivity contribution in [2.45, 2.75) is 40.7 Å². The number of imidazole rings is 1. The van der Waals surface area contributed by atoms with Crippen molar-refractivity contribution < 1.29 is 18.0 Å². The van der Waals surface area contributed by atoms with Gasteiger partial charge in [-0.3, -0.25) is 14.4 Å². The molecule has 2 aromatic heterocycles. The summed E-state index contributed by atoms with van der Waals surface area (Å²) in [6.07, 6.45) is 1.50. The molecule has 2 aromatic carbocycles. The van der Waals surface area contributed by atoms with Gasteiger partial charge >= 0.3 is 0 Å². The largest absolute Gasteiger partial charge is 0.345 e. The predicted octanol–water partition coefficient (Wildman–Crippen LogP) is 6.59. The number of carbonyl (C=O) groups is 1. The smallest absolute Gasteiger partial charge is 0.280 e. The van der Waals surface area contributed by atoms with Gasteiger partial charge in [-0.15, -0.1) is 0 Å². The van der Waals surface area contributed by atoms with E-state index >= 15 is 4.39 Å². The third kappa shape index (κ3) is 3.89. The van der Waals surface area contributed by atoms with Gasteiger partial charge in [-0.1, -0.05) is 27.7 Å². The summed E-state index contributed by atoms with van der Waals surface area (Å²) in [6, 6.07) is 4.60. The fourth-order valence-electron chi connectivity index (χ4n) is 3.91. The van der Waals surface area contributed by atoms with Crippen LogP contribution < -0.4 is 4.90 Å². The second-order valence-electron chi connectivity index (χ2n) is 7.03. The van der Waals surface area contributed by atoms with Crippen molar-refractivity contribution >= 4 is 38.6 Å². The molecule has 34 heavy (non-hydrogen) atoms. The van der Waals surface area contributed by atoms with Crippen molar-refractivity contribution in [1.82, 2.24) is 19.7 Å². The quantitative estimate of drug-likeness (QED) is 0.232. The highest BCUT2D eigenvalue weighted by Gasteiger charge is 2.46. The van der Waals surface area contributed by atoms with E-state index in [1.165, 1.54) is 15.9 Å². The lowest BCUT2D eigenvalue weighted by molar-refractivity contribution is 0.0987. The van der Waals surface area contributed by atoms with E-state index in [-0.39, 0.29) is 10.2 Å². The maximum Gasteiger partial charge on any atom is 0.280 e. The Kier molecular flexibility index (Phi) is 7.50. The molecule has 0 saturated heterocycles. The van der Waals surface area contributed by atoms with Crippen LogP contribution in [0.1, 0.15) is 61.0 Å². The second-order valence-corrected chi connectivity index (χ2v) is 7.89. The van der Waals surface area contributed by atoms with E-state index in [1.807, 2.05) is 27.7 Å². The number of hydrogen-bond donors (Lipinski definition) is 1. The van der Waals surface area contributed by atoms with Crippen LogP contribution in [0.25, 0.3) is 11.0 Å². The maximum absolute atomic E-state index is 15.0. The van der Waals surface area contributed by atoms with Crippen molar-refractivity contribution in [3.8, 4) is 0 Å². The van der Waals surface area contributed by atoms with Crippen LogP contribution in [0, 0.1) is 24.4 Å². The number of benzene rings is 2. The van der Waals surface area contributed by atoms with E-state index < -0.39 is 35.0 Å². The highest BCUT2D eigenvalue weighted by atomic mass is 79.9. The number of fused-ring (bicyclic) bond motifs is 2. The van der Waals surface area contributed by atoms with E-state index in [0.717, 1.165) is 6.07 Å². The van der Waals surface area contributed by atoms with Gasteiger partial charge in [0.25, 0.3) is 5.91 Å². The Labute approximate surface area is 203 Å². The van der Waals surface area contributed by atoms with Crippen molar-refractivity contribution in [3.63, 3.8) is 0 Å². The van der Waals surface area contributed by atoms with Crippen LogP contribution in [0.3, 0.4) is 0 Å². The maximum atomic E-state index is 15.0. The molecule has 180 valence electrons. The van der Waals surface area contributed by atoms with Gasteiger partial charge in [0.05, 0.1) is 33.4 Å². The summed E-state index contributed by atoms with van der Waals surface area (Å²) in [4.78, 5) is 21.6. The molecule has 0 aliphatic carbocycles. The molecule has 3 heterocycles. The number of hydrogen-bond acceptors (Lipinski definition) is 3. The molecule has 4 aromatic rings. The number of anilines is 1. The normalized spacial score (nSPS) is 14.5. The van der Waals surface area contributed by atoms with Crippen LogP contribution in [0.2, 0.25) is 0 Å². The molecule has 1 aliphatic heterocycles. The lowest BCUT2D eigenvalue weighted by Gasteiger charge is -2.27. The fraction of sp³-hybridized carbons (Fsp3) is 0.292. The molecule has 0 radical (unpaired) electrons. The van der Waals surface area contributed by atoms with Gasteiger partial charge in [0.15, 0.2) is 17.3 Å². The van der Waals surface area contributed by atoms with Gasteiger partial charge < -0.3 is 4.98 Å². The van der Waals surface area contributed by atoms with Gasteiger partial charge in [-0.25, -0.2) is 18.2 Å². The summed E-state index contributed by atoms with van der Waals surface area (Å²) in [6.45, 7) is 9.69. The number of aromatic amines is 1. The van der Waals surface area contributed by atoms with Crippen molar-refractivity contribution in [2.75, 3.05) is 4.90 Å². The number of amides is 1. The lowest BCUT2D eigenvalue weighted by Crippen LogP contribution is -2.31. The first-order chi connectivity index (χ1) is 16.3. The molecular formula is C24H25BrF3N5O. The molecule has 0 spiro atoms. The third-order valence-electron chi connectivity index (χ3n) is 5.44. The molecule has 1 amide bonds. The Morgan fingerprint density at radius 3 is 2.38 bits per heavy atom. The standard InChI is InChI=1S/C20H13BrF3N5O.2C2H6/c1-8-14-18(27-28(8)2)20(30)29(9-3-4-12-13(5-9)26-7-25-12)19(14)15-11(22)6-10(21)16(23)17(15)24;2*1-2/h3-7,19H,1-2H3,(H,25,26);2*1-2H3. The number of H-pyrrole nitrogens is 1. The number of nitrogens with zero attached hydrogens (tertiary/aromatic N) is 4. The summed E-state index contributed by atoms with van der Waals surface area (Å²) in [7, 11) is 1.63. The Morgan fingerprint density at radius 1 is 1.03 bits per heavy atom. The molecule has 0 fully saturated rings. The van der Waals surface area contributed by atoms with E-state index in [1.54, 1.807) is 32.2 Å². The highest BCUT2D eigenvalue weighted by Crippen LogP contribution is 2.45. The first-order valence-electron chi connectivity index (χ1n) is 10.9. The predicted molar refractivity (Wildman–Crippen MR) is 129 cm³/mol. The van der Waals surface area contributed by atoms with E-state index in [2.05, 4.69) is 31.0 Å². The molecule has 10 heteroatoms. The minimum atomic E-state index is -1.36. The van der Waals surface area contributed by atoms with Gasteiger partial charge in [0.2, 0.25) is 0 Å². The minimum Gasteiger partial charge on any atom is -0.345 e. The monoisotopic (exact) mass is 535 g/mol. The SMILES string of the molecule is CC.CC.Cc1c2c(nn1C)C(=O)N(c1ccc3nc[nH]c3c1)C2c1c(F)cc(Br)c(F)c1F. The Balaban J connectivity index is 0.000000771. The molecule has 1 atom stereocenters. The van der Waals surface area contributed by atoms with Crippen LogP contribution in [-0.4, -0.2) is 25.7 Å². The van der Waals surface area contributed by atoms with E-state index in [0.29, 0.717) is 28.0 Å². The highest BCUT2D eigenvalue weighted by molar-refractivity contribution is 9.10. The van der Waals surface area contributed by atoms with Crippen LogP contribution in [0.5, 0.6) is 0 Å². The van der Waals surface area contributed by atoms with Gasteiger partial charge in [0, 0.05) is 24.0 Å². The topological polar surface area (TPSA) is 66.8 Å². The number of aromatic nitrogens is 4. The Morgan fingerprint density at radius 2 is 1.71 bits per heavy atom. The van der Waals surface area contributed by atoms with Crippen LogP contribution >= 0.6 is 15.9 Å². The molecule has 5 rings (SSSR count). The van der Waals surface area contributed by atoms with Crippen molar-refractivity contribution in [2.24, 2.45) is 7.05 Å². The van der Waals surface area contributed by atoms with E-state index in [4.69, 9.17) is 0 Å². The van der Waals surface area contributed by atoms with Crippen molar-refractivity contribution in [1.29, 1.82) is 0 Å². The molecule has 1 N–H and O–H groups in total. The molecule has 0 bridgehead atoms. The first kappa shape index (κ1) is 25.5. The third-order valence-corrected chi connectivity index (χ3v) is 6.02. The number of carbonyl (C=O) groups excluding carboxylic acids is 1.